The summed E-state index contributed by atoms with van der Waals surface area (Å²) in [4.78, 5) is 12.1. The van der Waals surface area contributed by atoms with Crippen molar-refractivity contribution in [1.82, 2.24) is 15.1 Å². The highest BCUT2D eigenvalue weighted by Crippen LogP contribution is 2.23. The molecule has 2 aromatic rings. The van der Waals surface area contributed by atoms with Crippen molar-refractivity contribution in [2.24, 2.45) is 5.73 Å². The van der Waals surface area contributed by atoms with E-state index in [1.54, 1.807) is 10.9 Å². The van der Waals surface area contributed by atoms with Crippen LogP contribution >= 0.6 is 11.6 Å². The molecule has 3 N–H and O–H groups in total. The molecule has 0 saturated carbocycles. The van der Waals surface area contributed by atoms with Crippen LogP contribution in [0.3, 0.4) is 0 Å². The first-order valence-electron chi connectivity index (χ1n) is 6.37. The summed E-state index contributed by atoms with van der Waals surface area (Å²) >= 11 is 5.87. The van der Waals surface area contributed by atoms with Crippen LogP contribution in [0, 0.1) is 0 Å². The van der Waals surface area contributed by atoms with Crippen molar-refractivity contribution < 1.29 is 4.79 Å². The number of carbonyl (C=O) groups excluding carboxylic acids is 1. The molecule has 0 fully saturated rings. The zero-order chi connectivity index (χ0) is 14.6. The third-order valence-electron chi connectivity index (χ3n) is 3.17. The molecular formula is C14H17ClN4O. The summed E-state index contributed by atoms with van der Waals surface area (Å²) in [6.45, 7) is 2.82. The maximum atomic E-state index is 12.1. The van der Waals surface area contributed by atoms with Gasteiger partial charge in [-0.05, 0) is 12.1 Å². The van der Waals surface area contributed by atoms with E-state index in [0.29, 0.717) is 11.6 Å². The number of hydrogen-bond donors (Lipinski definition) is 2. The molecule has 1 amide bonds. The summed E-state index contributed by atoms with van der Waals surface area (Å²) in [6, 6.07) is 9.39. The van der Waals surface area contributed by atoms with Crippen molar-refractivity contribution in [1.29, 1.82) is 0 Å². The van der Waals surface area contributed by atoms with Crippen LogP contribution in [0.4, 0.5) is 0 Å². The monoisotopic (exact) mass is 292 g/mol. The van der Waals surface area contributed by atoms with Crippen molar-refractivity contribution in [3.63, 3.8) is 0 Å². The van der Waals surface area contributed by atoms with Gasteiger partial charge in [-0.2, -0.15) is 5.10 Å². The fraction of sp³-hybridized carbons (Fsp3) is 0.286. The van der Waals surface area contributed by atoms with Crippen molar-refractivity contribution >= 4 is 17.5 Å². The number of nitrogens with one attached hydrogen (secondary N) is 1. The molecule has 20 heavy (non-hydrogen) atoms. The number of hydrogen-bond acceptors (Lipinski definition) is 3. The van der Waals surface area contributed by atoms with Crippen molar-refractivity contribution in [2.75, 3.05) is 6.54 Å². The predicted molar refractivity (Wildman–Crippen MR) is 78.2 cm³/mol. The van der Waals surface area contributed by atoms with Gasteiger partial charge in [0.05, 0.1) is 17.8 Å². The molecule has 1 aromatic heterocycles. The predicted octanol–water partition coefficient (Wildman–Crippen LogP) is 1.53. The van der Waals surface area contributed by atoms with E-state index in [9.17, 15) is 4.79 Å². The minimum Gasteiger partial charge on any atom is -0.368 e. The van der Waals surface area contributed by atoms with Gasteiger partial charge in [0.1, 0.15) is 5.54 Å². The fourth-order valence-electron chi connectivity index (χ4n) is 2.25. The first kappa shape index (κ1) is 14.6. The molecule has 5 nitrogen and oxygen atoms in total. The Kier molecular flexibility index (Phi) is 4.42. The van der Waals surface area contributed by atoms with Gasteiger partial charge in [-0.1, -0.05) is 48.9 Å². The average Bonchev–Trinajstić information content (AvgIpc) is 2.84. The number of carbonyl (C=O) groups is 1. The maximum Gasteiger partial charge on any atom is 0.244 e. The highest BCUT2D eigenvalue weighted by molar-refractivity contribution is 6.30. The number of benzene rings is 1. The van der Waals surface area contributed by atoms with E-state index in [1.807, 2.05) is 37.3 Å². The molecule has 0 spiro atoms. The van der Waals surface area contributed by atoms with E-state index < -0.39 is 11.4 Å². The Labute approximate surface area is 122 Å². The molecule has 2 rings (SSSR count). The zero-order valence-electron chi connectivity index (χ0n) is 11.2. The largest absolute Gasteiger partial charge is 0.368 e. The van der Waals surface area contributed by atoms with Crippen LogP contribution in [0.5, 0.6) is 0 Å². The first-order valence-corrected chi connectivity index (χ1v) is 6.74. The minimum atomic E-state index is -1.01. The number of rotatable bonds is 6. The van der Waals surface area contributed by atoms with Gasteiger partial charge < -0.3 is 5.73 Å². The number of halogens is 1. The molecule has 1 atom stereocenters. The van der Waals surface area contributed by atoms with Crippen LogP contribution in [-0.4, -0.2) is 22.2 Å². The summed E-state index contributed by atoms with van der Waals surface area (Å²) in [5, 5.41) is 7.84. The zero-order valence-corrected chi connectivity index (χ0v) is 12.0. The van der Waals surface area contributed by atoms with Crippen LogP contribution in [0.2, 0.25) is 5.02 Å². The molecule has 0 aliphatic heterocycles. The molecule has 6 heteroatoms. The van der Waals surface area contributed by atoms with Gasteiger partial charge in [0.2, 0.25) is 5.91 Å². The fourth-order valence-corrected chi connectivity index (χ4v) is 2.41. The number of likely N-dealkylation sites (N-methyl/N-ethyl adjacent to an activating group) is 1. The van der Waals surface area contributed by atoms with Gasteiger partial charge in [-0.3, -0.25) is 14.8 Å². The van der Waals surface area contributed by atoms with E-state index in [0.717, 1.165) is 5.56 Å². The molecule has 0 saturated heterocycles. The Balaban J connectivity index is 2.44. The minimum absolute atomic E-state index is 0.285. The van der Waals surface area contributed by atoms with Gasteiger partial charge in [0, 0.05) is 6.20 Å². The third kappa shape index (κ3) is 2.84. The van der Waals surface area contributed by atoms with Gasteiger partial charge in [0.25, 0.3) is 0 Å². The molecule has 1 unspecified atom stereocenters. The Morgan fingerprint density at radius 2 is 2.15 bits per heavy atom. The molecule has 0 bridgehead atoms. The highest BCUT2D eigenvalue weighted by Gasteiger charge is 2.38. The Hall–Kier alpha value is -1.85. The van der Waals surface area contributed by atoms with Crippen LogP contribution < -0.4 is 11.1 Å². The average molecular weight is 293 g/mol. The summed E-state index contributed by atoms with van der Waals surface area (Å²) in [7, 11) is 0. The smallest absolute Gasteiger partial charge is 0.244 e. The van der Waals surface area contributed by atoms with Crippen molar-refractivity contribution in [2.45, 2.75) is 19.0 Å². The first-order chi connectivity index (χ1) is 9.58. The van der Waals surface area contributed by atoms with Gasteiger partial charge in [0.15, 0.2) is 0 Å². The lowest BCUT2D eigenvalue weighted by Gasteiger charge is -2.32. The second kappa shape index (κ2) is 6.07. The summed E-state index contributed by atoms with van der Waals surface area (Å²) in [5.74, 6) is -0.447. The molecule has 0 radical (unpaired) electrons. The SMILES string of the molecule is CCNC(Cn1cc(Cl)cn1)(C(N)=O)c1ccccc1. The second-order valence-corrected chi connectivity index (χ2v) is 4.96. The molecule has 1 aromatic carbocycles. The Morgan fingerprint density at radius 3 is 2.65 bits per heavy atom. The van der Waals surface area contributed by atoms with E-state index >= 15 is 0 Å². The van der Waals surface area contributed by atoms with E-state index in [1.165, 1.54) is 6.20 Å². The summed E-state index contributed by atoms with van der Waals surface area (Å²) < 4.78 is 1.61. The number of amides is 1. The van der Waals surface area contributed by atoms with Gasteiger partial charge >= 0.3 is 0 Å². The number of primary amides is 1. The van der Waals surface area contributed by atoms with Crippen molar-refractivity contribution in [3.05, 3.63) is 53.3 Å². The van der Waals surface area contributed by atoms with Crippen LogP contribution in [0.1, 0.15) is 12.5 Å². The lowest BCUT2D eigenvalue weighted by Crippen LogP contribution is -2.55. The quantitative estimate of drug-likeness (QED) is 0.848. The normalized spacial score (nSPS) is 13.9. The molecule has 1 heterocycles. The summed E-state index contributed by atoms with van der Waals surface area (Å²) in [6.07, 6.45) is 3.20. The lowest BCUT2D eigenvalue weighted by molar-refractivity contribution is -0.125. The highest BCUT2D eigenvalue weighted by atomic mass is 35.5. The topological polar surface area (TPSA) is 72.9 Å². The van der Waals surface area contributed by atoms with Gasteiger partial charge in [-0.15, -0.1) is 0 Å². The molecule has 0 aliphatic carbocycles. The molecule has 0 aliphatic rings. The lowest BCUT2D eigenvalue weighted by atomic mass is 9.88. The molecule has 106 valence electrons. The third-order valence-corrected chi connectivity index (χ3v) is 3.36. The van der Waals surface area contributed by atoms with Crippen molar-refractivity contribution in [3.8, 4) is 0 Å². The van der Waals surface area contributed by atoms with Gasteiger partial charge in [-0.25, -0.2) is 0 Å². The Bertz CT molecular complexity index is 584. The Morgan fingerprint density at radius 1 is 1.45 bits per heavy atom. The summed E-state index contributed by atoms with van der Waals surface area (Å²) in [5.41, 5.74) is 5.47. The number of nitrogens with zero attached hydrogens (tertiary/aromatic N) is 2. The van der Waals surface area contributed by atoms with Crippen LogP contribution in [0.25, 0.3) is 0 Å². The van der Waals surface area contributed by atoms with E-state index in [4.69, 9.17) is 17.3 Å². The van der Waals surface area contributed by atoms with Crippen LogP contribution in [-0.2, 0) is 16.9 Å². The standard InChI is InChI=1S/C14H17ClN4O/c1-2-17-14(13(16)20,11-6-4-3-5-7-11)10-19-9-12(15)8-18-19/h3-9,17H,2,10H2,1H3,(H2,16,20). The van der Waals surface area contributed by atoms with E-state index in [-0.39, 0.29) is 6.54 Å². The van der Waals surface area contributed by atoms with Crippen LogP contribution in [0.15, 0.2) is 42.7 Å². The van der Waals surface area contributed by atoms with E-state index in [2.05, 4.69) is 10.4 Å². The number of nitrogens with two attached hydrogens (primary N) is 1. The second-order valence-electron chi connectivity index (χ2n) is 4.52. The maximum absolute atomic E-state index is 12.1. The molecular weight excluding hydrogens is 276 g/mol. The number of aromatic nitrogens is 2.